The molecule has 0 aliphatic rings. The average molecular weight is 1370 g/mol. The fraction of sp³-hybridized carbons (Fsp3) is 0.106. The van der Waals surface area contributed by atoms with Crippen LogP contribution >= 0.6 is 22.7 Å². The summed E-state index contributed by atoms with van der Waals surface area (Å²) in [7, 11) is 0. The number of aryl methyl sites for hydroxylation is 7. The zero-order chi connectivity index (χ0) is 70.7. The summed E-state index contributed by atoms with van der Waals surface area (Å²) >= 11 is 3.59. The van der Waals surface area contributed by atoms with Crippen LogP contribution < -0.4 is 24.5 Å². The lowest BCUT2D eigenvalue weighted by molar-refractivity contribution is 0.541. The number of thiophene rings is 2. The van der Waals surface area contributed by atoms with E-state index in [1.165, 1.54) is 112 Å². The van der Waals surface area contributed by atoms with Gasteiger partial charge >= 0.3 is 0 Å². The van der Waals surface area contributed by atoms with Gasteiger partial charge in [-0.1, -0.05) is 207 Å². The van der Waals surface area contributed by atoms with Gasteiger partial charge in [0, 0.05) is 84.1 Å². The zero-order valence-corrected chi connectivity index (χ0v) is 61.0. The quantitative estimate of drug-likeness (QED) is 0.0851. The van der Waals surface area contributed by atoms with Gasteiger partial charge in [0.1, 0.15) is 5.76 Å². The Kier molecular flexibility index (Phi) is 25.9. The van der Waals surface area contributed by atoms with Crippen molar-refractivity contribution in [3.8, 4) is 0 Å². The monoisotopic (exact) mass is 1370 g/mol. The van der Waals surface area contributed by atoms with E-state index in [1.807, 2.05) is 91.1 Å². The molecule has 0 aliphatic heterocycles. The molecule has 508 valence electrons. The lowest BCUT2D eigenvalue weighted by atomic mass is 10.0. The topological polar surface area (TPSA) is 29.3 Å². The van der Waals surface area contributed by atoms with Crippen molar-refractivity contribution in [1.29, 1.82) is 0 Å². The standard InChI is InChI=1S/C23H25N.C20H19N.C18H17NS.C17H15NO.C16H13NS/c1-3-4-11-20-16-19(2)17-23(18-20)24(21-12-7-5-8-13-21)22-14-9-6-10-15-22;1-16-13-14-20(15-17(16)2)21(18-9-5-3-6-10-18)19-11-7-4-8-12-19;1-14-13-18(15(2)20-14)19(16-9-5-3-6-10-16)17-11-7-4-8-12-17;1-14-12-13-17(19-14)18(15-8-4-2-5-9-15)16-10-6-3-7-11-16;1-3-8-14(9-4-1)17(16-12-7-13-18-16)15-10-5-2-6-11-15/h5-10,12-18H,3-4,11H2,1-2H3;3-15H,1-2H3;3-13H,1-2H3;2-13H,1H3;1-13H. The van der Waals surface area contributed by atoms with Crippen molar-refractivity contribution in [1.82, 2.24) is 0 Å². The highest BCUT2D eigenvalue weighted by Crippen LogP contribution is 2.42. The third-order valence-corrected chi connectivity index (χ3v) is 18.8. The van der Waals surface area contributed by atoms with Gasteiger partial charge in [0.2, 0.25) is 5.88 Å². The SMILES string of the molecule is CCCCc1cc(C)cc(N(c2ccccc2)c2ccccc2)c1.Cc1cc(N(c2ccccc2)c2ccccc2)c(C)s1.Cc1ccc(N(c2ccccc2)c2ccccc2)cc1C.Cc1ccc(N(c2ccccc2)c2ccccc2)o1.c1ccc(N(c2ccccc2)c2cccs2)cc1. The number of unbranched alkanes of at least 4 members (excludes halogenated alkanes) is 1. The molecule has 0 unspecified atom stereocenters. The molecular weight excluding hydrogens is 1280 g/mol. The highest BCUT2D eigenvalue weighted by atomic mass is 32.1. The van der Waals surface area contributed by atoms with Crippen molar-refractivity contribution in [2.75, 3.05) is 24.5 Å². The molecule has 3 aromatic heterocycles. The Morgan fingerprint density at radius 1 is 0.294 bits per heavy atom. The van der Waals surface area contributed by atoms with Crippen LogP contribution in [0.5, 0.6) is 0 Å². The number of para-hydroxylation sites is 10. The van der Waals surface area contributed by atoms with E-state index in [1.54, 1.807) is 11.3 Å². The maximum Gasteiger partial charge on any atom is 0.204 e. The van der Waals surface area contributed by atoms with Crippen molar-refractivity contribution >= 4 is 107 Å². The lowest BCUT2D eigenvalue weighted by Crippen LogP contribution is -2.10. The smallest absolute Gasteiger partial charge is 0.204 e. The van der Waals surface area contributed by atoms with Crippen LogP contribution in [0.1, 0.15) is 57.5 Å². The highest BCUT2D eigenvalue weighted by molar-refractivity contribution is 7.14. The van der Waals surface area contributed by atoms with Crippen molar-refractivity contribution in [3.63, 3.8) is 0 Å². The summed E-state index contributed by atoms with van der Waals surface area (Å²) in [5.74, 6) is 1.74. The molecule has 15 rings (SSSR count). The minimum atomic E-state index is 0.829. The Hall–Kier alpha value is -11.7. The molecule has 8 heteroatoms. The Morgan fingerprint density at radius 2 is 0.667 bits per heavy atom. The zero-order valence-electron chi connectivity index (χ0n) is 59.4. The second kappa shape index (κ2) is 36.9. The van der Waals surface area contributed by atoms with Crippen LogP contribution in [0.15, 0.2) is 380 Å². The van der Waals surface area contributed by atoms with Crippen LogP contribution in [-0.4, -0.2) is 0 Å². The third-order valence-electron chi connectivity index (χ3n) is 17.0. The van der Waals surface area contributed by atoms with E-state index in [-0.39, 0.29) is 0 Å². The molecule has 0 bridgehead atoms. The van der Waals surface area contributed by atoms with Gasteiger partial charge in [0.25, 0.3) is 0 Å². The minimum absolute atomic E-state index is 0.829. The molecular formula is C94H89N5OS2. The number of anilines is 15. The van der Waals surface area contributed by atoms with Crippen LogP contribution in [0, 0.1) is 41.5 Å². The van der Waals surface area contributed by atoms with Gasteiger partial charge in [-0.15, -0.1) is 22.7 Å². The van der Waals surface area contributed by atoms with E-state index in [4.69, 9.17) is 4.42 Å². The fourth-order valence-corrected chi connectivity index (χ4v) is 13.7. The van der Waals surface area contributed by atoms with Gasteiger partial charge in [-0.3, -0.25) is 4.90 Å². The van der Waals surface area contributed by atoms with E-state index in [0.717, 1.165) is 29.4 Å². The van der Waals surface area contributed by atoms with Gasteiger partial charge in [0.15, 0.2) is 0 Å². The molecule has 3 heterocycles. The highest BCUT2D eigenvalue weighted by Gasteiger charge is 2.19. The molecule has 0 atom stereocenters. The van der Waals surface area contributed by atoms with E-state index in [2.05, 4.69) is 369 Å². The summed E-state index contributed by atoms with van der Waals surface area (Å²) in [6.45, 7) is 15.0. The molecule has 0 saturated heterocycles. The number of benzene rings is 12. The first-order valence-electron chi connectivity index (χ1n) is 34.9. The van der Waals surface area contributed by atoms with Crippen molar-refractivity contribution in [3.05, 3.63) is 413 Å². The van der Waals surface area contributed by atoms with Crippen molar-refractivity contribution < 1.29 is 4.42 Å². The number of hydrogen-bond acceptors (Lipinski definition) is 8. The van der Waals surface area contributed by atoms with Crippen molar-refractivity contribution in [2.45, 2.75) is 67.7 Å². The first-order chi connectivity index (χ1) is 50.1. The van der Waals surface area contributed by atoms with Crippen LogP contribution in [0.25, 0.3) is 0 Å². The van der Waals surface area contributed by atoms with Crippen LogP contribution in [0.4, 0.5) is 84.8 Å². The number of hydrogen-bond donors (Lipinski definition) is 0. The average Bonchev–Trinajstić information content (AvgIpc) is 1.12. The maximum atomic E-state index is 5.78. The van der Waals surface area contributed by atoms with Crippen LogP contribution in [0.2, 0.25) is 0 Å². The molecule has 0 amide bonds. The first-order valence-corrected chi connectivity index (χ1v) is 36.6. The fourth-order valence-electron chi connectivity index (χ4n) is 12.0. The summed E-state index contributed by atoms with van der Waals surface area (Å²) in [5, 5.41) is 3.33. The summed E-state index contributed by atoms with van der Waals surface area (Å²) < 4.78 is 5.78. The van der Waals surface area contributed by atoms with E-state index in [0.29, 0.717) is 0 Å². The second-order valence-electron chi connectivity index (χ2n) is 24.7. The van der Waals surface area contributed by atoms with Gasteiger partial charge < -0.3 is 24.0 Å². The molecule has 0 radical (unpaired) electrons. The van der Waals surface area contributed by atoms with E-state index >= 15 is 0 Å². The number of nitrogens with zero attached hydrogens (tertiary/aromatic N) is 5. The molecule has 102 heavy (non-hydrogen) atoms. The summed E-state index contributed by atoms with van der Waals surface area (Å²) in [6, 6.07) is 129. The molecule has 0 spiro atoms. The molecule has 0 fully saturated rings. The van der Waals surface area contributed by atoms with E-state index in [9.17, 15) is 0 Å². The molecule has 0 aliphatic carbocycles. The predicted octanol–water partition coefficient (Wildman–Crippen LogP) is 28.7. The number of furan rings is 1. The van der Waals surface area contributed by atoms with E-state index < -0.39 is 0 Å². The lowest BCUT2D eigenvalue weighted by Gasteiger charge is -2.26. The Labute approximate surface area is 613 Å². The summed E-state index contributed by atoms with van der Waals surface area (Å²) in [4.78, 5) is 14.0. The largest absolute Gasteiger partial charge is 0.445 e. The van der Waals surface area contributed by atoms with Crippen LogP contribution in [-0.2, 0) is 6.42 Å². The Balaban J connectivity index is 0.000000128. The second-order valence-corrected chi connectivity index (χ2v) is 27.1. The van der Waals surface area contributed by atoms with Gasteiger partial charge in [-0.2, -0.15) is 0 Å². The Bertz CT molecular complexity index is 4650. The Morgan fingerprint density at radius 3 is 1.00 bits per heavy atom. The normalized spacial score (nSPS) is 10.4. The van der Waals surface area contributed by atoms with Gasteiger partial charge in [-0.05, 0) is 252 Å². The summed E-state index contributed by atoms with van der Waals surface area (Å²) in [6.07, 6.45) is 3.60. The minimum Gasteiger partial charge on any atom is -0.445 e. The molecule has 12 aromatic carbocycles. The van der Waals surface area contributed by atoms with Crippen molar-refractivity contribution in [2.24, 2.45) is 0 Å². The molecule has 15 aromatic rings. The number of rotatable bonds is 18. The molecule has 0 N–H and O–H groups in total. The first kappa shape index (κ1) is 71.6. The molecule has 6 nitrogen and oxygen atoms in total. The van der Waals surface area contributed by atoms with Crippen LogP contribution in [0.3, 0.4) is 0 Å². The third kappa shape index (κ3) is 19.6. The van der Waals surface area contributed by atoms with Gasteiger partial charge in [-0.25, -0.2) is 0 Å². The predicted molar refractivity (Wildman–Crippen MR) is 441 cm³/mol. The maximum absolute atomic E-state index is 5.78. The molecule has 0 saturated carbocycles. The summed E-state index contributed by atoms with van der Waals surface area (Å²) in [5.41, 5.74) is 20.7. The van der Waals surface area contributed by atoms with Gasteiger partial charge in [0.05, 0.1) is 10.7 Å².